The molecule has 13 heavy (non-hydrogen) atoms. The molecule has 1 heterocycles. The highest BCUT2D eigenvalue weighted by atomic mass is 79.9. The van der Waals surface area contributed by atoms with Gasteiger partial charge in [0.2, 0.25) is 0 Å². The van der Waals surface area contributed by atoms with Gasteiger partial charge in [-0.2, -0.15) is 0 Å². The predicted octanol–water partition coefficient (Wildman–Crippen LogP) is 4.34. The van der Waals surface area contributed by atoms with Crippen LogP contribution in [0.4, 0.5) is 0 Å². The van der Waals surface area contributed by atoms with E-state index in [1.54, 1.807) is 11.3 Å². The first-order chi connectivity index (χ1) is 6.27. The SMILES string of the molecule is Brc1nc(-c2ccccc2)sc1Br. The summed E-state index contributed by atoms with van der Waals surface area (Å²) in [5.74, 6) is 0. The van der Waals surface area contributed by atoms with Crippen molar-refractivity contribution in [3.63, 3.8) is 0 Å². The topological polar surface area (TPSA) is 12.9 Å². The minimum Gasteiger partial charge on any atom is -0.228 e. The van der Waals surface area contributed by atoms with Gasteiger partial charge in [0.1, 0.15) is 13.4 Å². The van der Waals surface area contributed by atoms with Gasteiger partial charge < -0.3 is 0 Å². The fourth-order valence-electron chi connectivity index (χ4n) is 0.987. The summed E-state index contributed by atoms with van der Waals surface area (Å²) in [7, 11) is 0. The van der Waals surface area contributed by atoms with Gasteiger partial charge in [0.05, 0.1) is 0 Å². The number of halogens is 2. The summed E-state index contributed by atoms with van der Waals surface area (Å²) in [6.45, 7) is 0. The van der Waals surface area contributed by atoms with Crippen LogP contribution < -0.4 is 0 Å². The summed E-state index contributed by atoms with van der Waals surface area (Å²) < 4.78 is 1.91. The van der Waals surface area contributed by atoms with E-state index in [2.05, 4.69) is 49.0 Å². The van der Waals surface area contributed by atoms with Gasteiger partial charge in [0.15, 0.2) is 0 Å². The van der Waals surface area contributed by atoms with E-state index in [-0.39, 0.29) is 0 Å². The maximum absolute atomic E-state index is 4.37. The van der Waals surface area contributed by atoms with Crippen molar-refractivity contribution in [2.24, 2.45) is 0 Å². The van der Waals surface area contributed by atoms with E-state index >= 15 is 0 Å². The lowest BCUT2D eigenvalue weighted by molar-refractivity contribution is 1.35. The molecule has 66 valence electrons. The van der Waals surface area contributed by atoms with Crippen molar-refractivity contribution in [1.29, 1.82) is 0 Å². The van der Waals surface area contributed by atoms with Crippen molar-refractivity contribution in [1.82, 2.24) is 4.98 Å². The zero-order valence-corrected chi connectivity index (χ0v) is 10.5. The molecule has 0 fully saturated rings. The number of aromatic nitrogens is 1. The first-order valence-electron chi connectivity index (χ1n) is 3.64. The zero-order chi connectivity index (χ0) is 9.26. The lowest BCUT2D eigenvalue weighted by atomic mass is 10.2. The number of benzene rings is 1. The fourth-order valence-corrected chi connectivity index (χ4v) is 2.76. The minimum atomic E-state index is 0.872. The number of thiazole rings is 1. The van der Waals surface area contributed by atoms with Crippen LogP contribution in [0.3, 0.4) is 0 Å². The van der Waals surface area contributed by atoms with Crippen LogP contribution in [0.2, 0.25) is 0 Å². The summed E-state index contributed by atoms with van der Waals surface area (Å²) >= 11 is 8.41. The van der Waals surface area contributed by atoms with E-state index in [1.165, 1.54) is 0 Å². The van der Waals surface area contributed by atoms with Crippen LogP contribution >= 0.6 is 43.2 Å². The van der Waals surface area contributed by atoms with Crippen molar-refractivity contribution in [3.05, 3.63) is 38.7 Å². The van der Waals surface area contributed by atoms with Crippen LogP contribution in [0.25, 0.3) is 10.6 Å². The normalized spacial score (nSPS) is 10.3. The Hall–Kier alpha value is -0.190. The monoisotopic (exact) mass is 317 g/mol. The molecule has 0 aliphatic rings. The molecule has 0 N–H and O–H groups in total. The first kappa shape index (κ1) is 9.37. The van der Waals surface area contributed by atoms with E-state index in [1.807, 2.05) is 18.2 Å². The summed E-state index contributed by atoms with van der Waals surface area (Å²) in [5.41, 5.74) is 1.15. The third-order valence-corrected chi connectivity index (χ3v) is 4.69. The highest BCUT2D eigenvalue weighted by Crippen LogP contribution is 2.34. The van der Waals surface area contributed by atoms with Crippen LogP contribution in [-0.2, 0) is 0 Å². The lowest BCUT2D eigenvalue weighted by Crippen LogP contribution is -1.73. The van der Waals surface area contributed by atoms with Crippen LogP contribution in [-0.4, -0.2) is 4.98 Å². The Balaban J connectivity index is 2.48. The third kappa shape index (κ3) is 2.00. The van der Waals surface area contributed by atoms with Crippen LogP contribution in [0.1, 0.15) is 0 Å². The molecule has 0 saturated heterocycles. The molecule has 2 rings (SSSR count). The van der Waals surface area contributed by atoms with Crippen molar-refractivity contribution in [2.75, 3.05) is 0 Å². The van der Waals surface area contributed by atoms with E-state index < -0.39 is 0 Å². The van der Waals surface area contributed by atoms with Crippen molar-refractivity contribution in [3.8, 4) is 10.6 Å². The third-order valence-electron chi connectivity index (χ3n) is 1.57. The minimum absolute atomic E-state index is 0.872. The molecule has 0 bridgehead atoms. The summed E-state index contributed by atoms with van der Waals surface area (Å²) in [6, 6.07) is 10.1. The average molecular weight is 319 g/mol. The molecule has 0 aliphatic carbocycles. The average Bonchev–Trinajstić information content (AvgIpc) is 2.49. The van der Waals surface area contributed by atoms with Gasteiger partial charge in [0.25, 0.3) is 0 Å². The molecule has 0 unspecified atom stereocenters. The molecule has 1 aromatic carbocycles. The van der Waals surface area contributed by atoms with Gasteiger partial charge in [-0.25, -0.2) is 4.98 Å². The molecule has 2 aromatic rings. The van der Waals surface area contributed by atoms with E-state index in [0.29, 0.717) is 0 Å². The molecule has 0 aliphatic heterocycles. The Labute approximate surface area is 97.1 Å². The number of hydrogen-bond acceptors (Lipinski definition) is 2. The molecule has 1 nitrogen and oxygen atoms in total. The van der Waals surface area contributed by atoms with Crippen molar-refractivity contribution in [2.45, 2.75) is 0 Å². The second-order valence-electron chi connectivity index (χ2n) is 2.45. The van der Waals surface area contributed by atoms with Gasteiger partial charge in [-0.05, 0) is 31.9 Å². The quantitative estimate of drug-likeness (QED) is 0.762. The first-order valence-corrected chi connectivity index (χ1v) is 6.05. The maximum Gasteiger partial charge on any atom is 0.132 e. The van der Waals surface area contributed by atoms with Crippen molar-refractivity contribution >= 4 is 43.2 Å². The Kier molecular flexibility index (Phi) is 2.81. The van der Waals surface area contributed by atoms with Crippen LogP contribution in [0.15, 0.2) is 38.7 Å². The molecule has 0 saturated carbocycles. The second kappa shape index (κ2) is 3.90. The molecule has 4 heteroatoms. The van der Waals surface area contributed by atoms with Gasteiger partial charge in [0, 0.05) is 5.56 Å². The van der Waals surface area contributed by atoms with Gasteiger partial charge in [-0.3, -0.25) is 0 Å². The van der Waals surface area contributed by atoms with Crippen LogP contribution in [0, 0.1) is 0 Å². The molecule has 1 aromatic heterocycles. The van der Waals surface area contributed by atoms with Crippen molar-refractivity contribution < 1.29 is 0 Å². The van der Waals surface area contributed by atoms with E-state index in [0.717, 1.165) is 19.0 Å². The zero-order valence-electron chi connectivity index (χ0n) is 6.50. The Bertz CT molecular complexity index is 391. The molecule has 0 radical (unpaired) electrons. The lowest BCUT2D eigenvalue weighted by Gasteiger charge is -1.92. The maximum atomic E-state index is 4.37. The number of hydrogen-bond donors (Lipinski definition) is 0. The summed E-state index contributed by atoms with van der Waals surface area (Å²) in [6.07, 6.45) is 0. The molecular formula is C9H5Br2NS. The summed E-state index contributed by atoms with van der Waals surface area (Å²) in [5, 5.41) is 1.03. The number of rotatable bonds is 1. The van der Waals surface area contributed by atoms with Crippen LogP contribution in [0.5, 0.6) is 0 Å². The highest BCUT2D eigenvalue weighted by molar-refractivity contribution is 9.13. The molecule has 0 amide bonds. The number of nitrogens with zero attached hydrogens (tertiary/aromatic N) is 1. The van der Waals surface area contributed by atoms with Gasteiger partial charge >= 0.3 is 0 Å². The Morgan fingerprint density at radius 3 is 2.31 bits per heavy atom. The van der Waals surface area contributed by atoms with E-state index in [4.69, 9.17) is 0 Å². The smallest absolute Gasteiger partial charge is 0.132 e. The Morgan fingerprint density at radius 1 is 1.08 bits per heavy atom. The second-order valence-corrected chi connectivity index (χ2v) is 5.52. The van der Waals surface area contributed by atoms with Gasteiger partial charge in [-0.1, -0.05) is 30.3 Å². The highest BCUT2D eigenvalue weighted by Gasteiger charge is 2.06. The largest absolute Gasteiger partial charge is 0.228 e. The Morgan fingerprint density at radius 2 is 1.77 bits per heavy atom. The molecule has 0 spiro atoms. The predicted molar refractivity (Wildman–Crippen MR) is 63.0 cm³/mol. The molecular weight excluding hydrogens is 314 g/mol. The summed E-state index contributed by atoms with van der Waals surface area (Å²) in [4.78, 5) is 4.37. The van der Waals surface area contributed by atoms with E-state index in [9.17, 15) is 0 Å². The molecule has 0 atom stereocenters. The fraction of sp³-hybridized carbons (Fsp3) is 0. The standard InChI is InChI=1S/C9H5Br2NS/c10-7-8(11)13-9(12-7)6-4-2-1-3-5-6/h1-5H. The van der Waals surface area contributed by atoms with Gasteiger partial charge in [-0.15, -0.1) is 11.3 Å².